The van der Waals surface area contributed by atoms with Gasteiger partial charge in [-0.3, -0.25) is 0 Å². The lowest BCUT2D eigenvalue weighted by molar-refractivity contribution is 0.175. The van der Waals surface area contributed by atoms with Crippen LogP contribution in [0.15, 0.2) is 0 Å². The molecule has 0 radical (unpaired) electrons. The van der Waals surface area contributed by atoms with Crippen molar-refractivity contribution in [1.82, 2.24) is 10.6 Å². The first-order valence-corrected chi connectivity index (χ1v) is 5.91. The zero-order chi connectivity index (χ0) is 9.80. The Hall–Kier alpha value is -0.120. The summed E-state index contributed by atoms with van der Waals surface area (Å²) in [6, 6.07) is 1.29. The molecule has 14 heavy (non-hydrogen) atoms. The normalized spacial score (nSPS) is 35.8. The van der Waals surface area contributed by atoms with Crippen LogP contribution in [-0.2, 0) is 4.74 Å². The predicted molar refractivity (Wildman–Crippen MR) is 57.4 cm³/mol. The summed E-state index contributed by atoms with van der Waals surface area (Å²) >= 11 is 0. The molecular formula is C11H22N2O. The number of rotatable bonds is 3. The van der Waals surface area contributed by atoms with Crippen molar-refractivity contribution in [1.29, 1.82) is 0 Å². The lowest BCUT2D eigenvalue weighted by Crippen LogP contribution is -2.48. The Labute approximate surface area is 86.6 Å². The summed E-state index contributed by atoms with van der Waals surface area (Å²) in [5, 5.41) is 7.16. The lowest BCUT2D eigenvalue weighted by Gasteiger charge is -2.29. The van der Waals surface area contributed by atoms with Gasteiger partial charge < -0.3 is 15.4 Å². The maximum absolute atomic E-state index is 5.41. The summed E-state index contributed by atoms with van der Waals surface area (Å²) < 4.78 is 5.41. The van der Waals surface area contributed by atoms with Gasteiger partial charge in [0, 0.05) is 25.2 Å². The Kier molecular flexibility index (Phi) is 3.79. The second kappa shape index (κ2) is 5.10. The molecule has 3 nitrogen and oxygen atoms in total. The molecule has 0 amide bonds. The van der Waals surface area contributed by atoms with Gasteiger partial charge in [-0.15, -0.1) is 0 Å². The molecule has 2 N–H and O–H groups in total. The van der Waals surface area contributed by atoms with Gasteiger partial charge in [-0.25, -0.2) is 0 Å². The van der Waals surface area contributed by atoms with Crippen molar-refractivity contribution in [3.63, 3.8) is 0 Å². The third kappa shape index (κ3) is 2.69. The van der Waals surface area contributed by atoms with E-state index in [0.717, 1.165) is 25.7 Å². The molecule has 2 aliphatic rings. The van der Waals surface area contributed by atoms with Crippen LogP contribution in [0.3, 0.4) is 0 Å². The second-order valence-corrected chi connectivity index (χ2v) is 4.62. The van der Waals surface area contributed by atoms with E-state index in [1.165, 1.54) is 25.8 Å². The van der Waals surface area contributed by atoms with Crippen molar-refractivity contribution in [2.75, 3.05) is 26.3 Å². The van der Waals surface area contributed by atoms with E-state index in [-0.39, 0.29) is 0 Å². The molecule has 0 aromatic rings. The molecule has 0 aromatic heterocycles. The van der Waals surface area contributed by atoms with Crippen LogP contribution in [0, 0.1) is 5.92 Å². The predicted octanol–water partition coefficient (Wildman–Crippen LogP) is 0.753. The summed E-state index contributed by atoms with van der Waals surface area (Å²) in [7, 11) is 0. The third-order valence-corrected chi connectivity index (χ3v) is 3.47. The van der Waals surface area contributed by atoms with Crippen LogP contribution in [0.25, 0.3) is 0 Å². The molecule has 2 aliphatic heterocycles. The standard InChI is InChI=1S/C11H22N2O/c1-9(10-4-6-14-8-10)13-11-3-2-5-12-7-11/h9-13H,2-8H2,1H3. The fraction of sp³-hybridized carbons (Fsp3) is 1.00. The molecule has 2 heterocycles. The van der Waals surface area contributed by atoms with Gasteiger partial charge in [0.25, 0.3) is 0 Å². The van der Waals surface area contributed by atoms with E-state index >= 15 is 0 Å². The van der Waals surface area contributed by atoms with Crippen molar-refractivity contribution in [2.24, 2.45) is 5.92 Å². The quantitative estimate of drug-likeness (QED) is 0.702. The van der Waals surface area contributed by atoms with Crippen LogP contribution >= 0.6 is 0 Å². The molecule has 0 aromatic carbocycles. The van der Waals surface area contributed by atoms with Crippen molar-refractivity contribution in [2.45, 2.75) is 38.3 Å². The third-order valence-electron chi connectivity index (χ3n) is 3.47. The highest BCUT2D eigenvalue weighted by Gasteiger charge is 2.24. The highest BCUT2D eigenvalue weighted by Crippen LogP contribution is 2.17. The molecular weight excluding hydrogens is 176 g/mol. The van der Waals surface area contributed by atoms with E-state index in [4.69, 9.17) is 4.74 Å². The van der Waals surface area contributed by atoms with E-state index in [1.54, 1.807) is 0 Å². The van der Waals surface area contributed by atoms with Crippen LogP contribution in [0.4, 0.5) is 0 Å². The maximum atomic E-state index is 5.41. The summed E-state index contributed by atoms with van der Waals surface area (Å²) in [5.41, 5.74) is 0. The first kappa shape index (κ1) is 10.4. The summed E-state index contributed by atoms with van der Waals surface area (Å²) in [4.78, 5) is 0. The summed E-state index contributed by atoms with van der Waals surface area (Å²) in [5.74, 6) is 0.733. The molecule has 3 atom stereocenters. The number of hydrogen-bond donors (Lipinski definition) is 2. The smallest absolute Gasteiger partial charge is 0.0509 e. The minimum Gasteiger partial charge on any atom is -0.381 e. The molecule has 0 spiro atoms. The molecule has 0 bridgehead atoms. The van der Waals surface area contributed by atoms with E-state index in [1.807, 2.05) is 0 Å². The van der Waals surface area contributed by atoms with Gasteiger partial charge in [0.2, 0.25) is 0 Å². The van der Waals surface area contributed by atoms with Crippen LogP contribution in [0.2, 0.25) is 0 Å². The maximum Gasteiger partial charge on any atom is 0.0509 e. The zero-order valence-corrected chi connectivity index (χ0v) is 9.09. The monoisotopic (exact) mass is 198 g/mol. The Bertz CT molecular complexity index is 163. The first-order valence-electron chi connectivity index (χ1n) is 5.91. The molecule has 3 heteroatoms. The molecule has 2 fully saturated rings. The zero-order valence-electron chi connectivity index (χ0n) is 9.09. The minimum atomic E-state index is 0.613. The fourth-order valence-corrected chi connectivity index (χ4v) is 2.45. The van der Waals surface area contributed by atoms with E-state index < -0.39 is 0 Å². The van der Waals surface area contributed by atoms with E-state index in [9.17, 15) is 0 Å². The van der Waals surface area contributed by atoms with Gasteiger partial charge >= 0.3 is 0 Å². The van der Waals surface area contributed by atoms with Crippen LogP contribution in [-0.4, -0.2) is 38.4 Å². The molecule has 2 saturated heterocycles. The number of nitrogens with one attached hydrogen (secondary N) is 2. The SMILES string of the molecule is CC(NC1CCCNC1)C1CCOC1. The summed E-state index contributed by atoms with van der Waals surface area (Å²) in [6.07, 6.45) is 3.87. The van der Waals surface area contributed by atoms with E-state index in [2.05, 4.69) is 17.6 Å². The average Bonchev–Trinajstić information content (AvgIpc) is 2.72. The topological polar surface area (TPSA) is 33.3 Å². The van der Waals surface area contributed by atoms with Crippen LogP contribution < -0.4 is 10.6 Å². The lowest BCUT2D eigenvalue weighted by atomic mass is 9.98. The minimum absolute atomic E-state index is 0.613. The molecule has 82 valence electrons. The average molecular weight is 198 g/mol. The van der Waals surface area contributed by atoms with Crippen molar-refractivity contribution >= 4 is 0 Å². The van der Waals surface area contributed by atoms with Gasteiger partial charge in [0.15, 0.2) is 0 Å². The second-order valence-electron chi connectivity index (χ2n) is 4.62. The van der Waals surface area contributed by atoms with Gasteiger partial charge in [0.05, 0.1) is 6.61 Å². The molecule has 0 saturated carbocycles. The van der Waals surface area contributed by atoms with Gasteiger partial charge in [-0.2, -0.15) is 0 Å². The largest absolute Gasteiger partial charge is 0.381 e. The Morgan fingerprint density at radius 2 is 2.36 bits per heavy atom. The van der Waals surface area contributed by atoms with Gasteiger partial charge in [-0.05, 0) is 38.6 Å². The molecule has 3 unspecified atom stereocenters. The van der Waals surface area contributed by atoms with Crippen LogP contribution in [0.1, 0.15) is 26.2 Å². The first-order chi connectivity index (χ1) is 6.86. The van der Waals surface area contributed by atoms with Crippen LogP contribution in [0.5, 0.6) is 0 Å². The highest BCUT2D eigenvalue weighted by atomic mass is 16.5. The Morgan fingerprint density at radius 3 is 3.00 bits per heavy atom. The fourth-order valence-electron chi connectivity index (χ4n) is 2.45. The van der Waals surface area contributed by atoms with Crippen molar-refractivity contribution < 1.29 is 4.74 Å². The molecule has 2 rings (SSSR count). The Balaban J connectivity index is 1.72. The number of hydrogen-bond acceptors (Lipinski definition) is 3. The summed E-state index contributed by atoms with van der Waals surface area (Å²) in [6.45, 7) is 6.54. The highest BCUT2D eigenvalue weighted by molar-refractivity contribution is 4.82. The molecule has 0 aliphatic carbocycles. The van der Waals surface area contributed by atoms with Crippen molar-refractivity contribution in [3.8, 4) is 0 Å². The van der Waals surface area contributed by atoms with Gasteiger partial charge in [0.1, 0.15) is 0 Å². The number of ether oxygens (including phenoxy) is 1. The van der Waals surface area contributed by atoms with Crippen molar-refractivity contribution in [3.05, 3.63) is 0 Å². The van der Waals surface area contributed by atoms with E-state index in [0.29, 0.717) is 12.1 Å². The number of piperidine rings is 1. The van der Waals surface area contributed by atoms with Gasteiger partial charge in [-0.1, -0.05) is 0 Å². The Morgan fingerprint density at radius 1 is 1.43 bits per heavy atom.